The van der Waals surface area contributed by atoms with Gasteiger partial charge in [0.2, 0.25) is 0 Å². The standard InChI is InChI=1S/C17H13FN2O4S/c1-9(19-16(21)12-3-2-8-25-12)15-13(17(22)23)14(20-24-15)10-4-6-11(18)7-5-10/h2-9H,1H3,(H,19,21)(H,22,23)/t9-/m1/s1. The summed E-state index contributed by atoms with van der Waals surface area (Å²) in [5.41, 5.74) is 0.330. The topological polar surface area (TPSA) is 92.4 Å². The zero-order chi connectivity index (χ0) is 18.0. The summed E-state index contributed by atoms with van der Waals surface area (Å²) in [7, 11) is 0. The van der Waals surface area contributed by atoms with Gasteiger partial charge in [0.05, 0.1) is 10.9 Å². The van der Waals surface area contributed by atoms with Crippen LogP contribution < -0.4 is 5.32 Å². The number of benzene rings is 1. The highest BCUT2D eigenvalue weighted by atomic mass is 32.1. The van der Waals surface area contributed by atoms with E-state index in [1.165, 1.54) is 35.6 Å². The van der Waals surface area contributed by atoms with Gasteiger partial charge in [-0.05, 0) is 42.6 Å². The van der Waals surface area contributed by atoms with Crippen LogP contribution in [0, 0.1) is 5.82 Å². The van der Waals surface area contributed by atoms with Crippen molar-refractivity contribution in [3.05, 3.63) is 63.8 Å². The molecule has 25 heavy (non-hydrogen) atoms. The van der Waals surface area contributed by atoms with Crippen molar-refractivity contribution in [2.24, 2.45) is 0 Å². The molecule has 8 heteroatoms. The van der Waals surface area contributed by atoms with Gasteiger partial charge in [0, 0.05) is 5.56 Å². The number of hydrogen-bond acceptors (Lipinski definition) is 5. The van der Waals surface area contributed by atoms with E-state index in [4.69, 9.17) is 4.52 Å². The van der Waals surface area contributed by atoms with E-state index < -0.39 is 17.8 Å². The highest BCUT2D eigenvalue weighted by Crippen LogP contribution is 2.29. The van der Waals surface area contributed by atoms with Crippen LogP contribution in [0.15, 0.2) is 46.3 Å². The fraction of sp³-hybridized carbons (Fsp3) is 0.118. The number of aromatic carboxylic acids is 1. The van der Waals surface area contributed by atoms with Crippen LogP contribution in [-0.2, 0) is 0 Å². The minimum absolute atomic E-state index is 0.0248. The number of carbonyl (C=O) groups is 2. The van der Waals surface area contributed by atoms with Crippen LogP contribution in [-0.4, -0.2) is 22.1 Å². The average molecular weight is 360 g/mol. The largest absolute Gasteiger partial charge is 0.477 e. The Labute approximate surface area is 145 Å². The molecule has 0 saturated carbocycles. The molecule has 0 unspecified atom stereocenters. The Kier molecular flexibility index (Phi) is 4.62. The minimum Gasteiger partial charge on any atom is -0.477 e. The highest BCUT2D eigenvalue weighted by molar-refractivity contribution is 7.12. The summed E-state index contributed by atoms with van der Waals surface area (Å²) in [6, 6.07) is 7.94. The third kappa shape index (κ3) is 3.43. The van der Waals surface area contributed by atoms with Crippen LogP contribution in [0.2, 0.25) is 0 Å². The molecule has 128 valence electrons. The summed E-state index contributed by atoms with van der Waals surface area (Å²) in [6.45, 7) is 1.60. The smallest absolute Gasteiger partial charge is 0.341 e. The van der Waals surface area contributed by atoms with Gasteiger partial charge < -0.3 is 14.9 Å². The van der Waals surface area contributed by atoms with E-state index in [1.807, 2.05) is 0 Å². The third-order valence-corrected chi connectivity index (χ3v) is 4.40. The monoisotopic (exact) mass is 360 g/mol. The summed E-state index contributed by atoms with van der Waals surface area (Å²) in [4.78, 5) is 24.3. The van der Waals surface area contributed by atoms with Crippen molar-refractivity contribution in [3.8, 4) is 11.3 Å². The maximum absolute atomic E-state index is 13.1. The normalized spacial score (nSPS) is 11.9. The molecule has 0 fully saturated rings. The molecule has 0 spiro atoms. The Bertz CT molecular complexity index is 903. The lowest BCUT2D eigenvalue weighted by Gasteiger charge is -2.11. The molecule has 2 heterocycles. The molecule has 1 aromatic carbocycles. The van der Waals surface area contributed by atoms with Crippen molar-refractivity contribution >= 4 is 23.2 Å². The number of rotatable bonds is 5. The molecule has 1 atom stereocenters. The molecule has 0 saturated heterocycles. The van der Waals surface area contributed by atoms with Crippen LogP contribution in [0.3, 0.4) is 0 Å². The second-order valence-electron chi connectivity index (χ2n) is 5.25. The van der Waals surface area contributed by atoms with Gasteiger partial charge >= 0.3 is 5.97 Å². The number of aromatic nitrogens is 1. The van der Waals surface area contributed by atoms with Gasteiger partial charge in [-0.2, -0.15) is 0 Å². The number of amides is 1. The molecule has 0 aliphatic heterocycles. The molecule has 0 bridgehead atoms. The second kappa shape index (κ2) is 6.86. The quantitative estimate of drug-likeness (QED) is 0.723. The molecule has 2 N–H and O–H groups in total. The van der Waals surface area contributed by atoms with Gasteiger partial charge in [-0.15, -0.1) is 11.3 Å². The van der Waals surface area contributed by atoms with Crippen molar-refractivity contribution in [2.45, 2.75) is 13.0 Å². The predicted molar refractivity (Wildman–Crippen MR) is 89.1 cm³/mol. The SMILES string of the molecule is C[C@@H](NC(=O)c1cccs1)c1onc(-c2ccc(F)cc2)c1C(=O)O. The van der Waals surface area contributed by atoms with Crippen LogP contribution in [0.4, 0.5) is 4.39 Å². The van der Waals surface area contributed by atoms with Gasteiger partial charge in [0.15, 0.2) is 5.76 Å². The molecule has 0 aliphatic carbocycles. The first-order chi connectivity index (χ1) is 12.0. The second-order valence-corrected chi connectivity index (χ2v) is 6.20. The number of carboxylic acid groups (broad SMARTS) is 1. The number of nitrogens with zero attached hydrogens (tertiary/aromatic N) is 1. The van der Waals surface area contributed by atoms with E-state index in [9.17, 15) is 19.1 Å². The van der Waals surface area contributed by atoms with E-state index in [0.717, 1.165) is 0 Å². The Balaban J connectivity index is 1.92. The van der Waals surface area contributed by atoms with Crippen molar-refractivity contribution < 1.29 is 23.6 Å². The van der Waals surface area contributed by atoms with Crippen molar-refractivity contribution in [1.29, 1.82) is 0 Å². The molecule has 0 radical (unpaired) electrons. The molecular weight excluding hydrogens is 347 g/mol. The number of carbonyl (C=O) groups excluding carboxylic acids is 1. The lowest BCUT2D eigenvalue weighted by atomic mass is 10.0. The maximum Gasteiger partial charge on any atom is 0.341 e. The lowest BCUT2D eigenvalue weighted by Crippen LogP contribution is -2.26. The third-order valence-electron chi connectivity index (χ3n) is 3.54. The van der Waals surface area contributed by atoms with E-state index in [0.29, 0.717) is 10.4 Å². The number of halogens is 1. The summed E-state index contributed by atoms with van der Waals surface area (Å²) in [5.74, 6) is -2.00. The Hall–Kier alpha value is -3.00. The highest BCUT2D eigenvalue weighted by Gasteiger charge is 2.28. The van der Waals surface area contributed by atoms with Crippen LogP contribution in [0.5, 0.6) is 0 Å². The average Bonchev–Trinajstić information content (AvgIpc) is 3.25. The predicted octanol–water partition coefficient (Wildman–Crippen LogP) is 3.73. The van der Waals surface area contributed by atoms with Crippen LogP contribution >= 0.6 is 11.3 Å². The minimum atomic E-state index is -1.24. The first-order valence-corrected chi connectivity index (χ1v) is 8.18. The summed E-state index contributed by atoms with van der Waals surface area (Å²) >= 11 is 1.27. The summed E-state index contributed by atoms with van der Waals surface area (Å²) < 4.78 is 18.3. The molecule has 6 nitrogen and oxygen atoms in total. The van der Waals surface area contributed by atoms with Crippen molar-refractivity contribution in [3.63, 3.8) is 0 Å². The maximum atomic E-state index is 13.1. The first kappa shape index (κ1) is 16.8. The van der Waals surface area contributed by atoms with Gasteiger partial charge in [0.25, 0.3) is 5.91 Å². The molecule has 3 rings (SSSR count). The molecule has 2 aromatic heterocycles. The molecule has 1 amide bonds. The fourth-order valence-corrected chi connectivity index (χ4v) is 2.98. The number of carboxylic acids is 1. The Morgan fingerprint density at radius 2 is 2.00 bits per heavy atom. The fourth-order valence-electron chi connectivity index (χ4n) is 2.35. The molecule has 0 aliphatic rings. The zero-order valence-corrected chi connectivity index (χ0v) is 13.8. The van der Waals surface area contributed by atoms with E-state index in [-0.39, 0.29) is 22.9 Å². The number of thiophene rings is 1. The van der Waals surface area contributed by atoms with Crippen LogP contribution in [0.25, 0.3) is 11.3 Å². The Morgan fingerprint density at radius 1 is 1.28 bits per heavy atom. The van der Waals surface area contributed by atoms with Gasteiger partial charge in [-0.3, -0.25) is 4.79 Å². The first-order valence-electron chi connectivity index (χ1n) is 7.30. The van der Waals surface area contributed by atoms with E-state index in [2.05, 4.69) is 10.5 Å². The Morgan fingerprint density at radius 3 is 2.60 bits per heavy atom. The summed E-state index contributed by atoms with van der Waals surface area (Å²) in [6.07, 6.45) is 0. The zero-order valence-electron chi connectivity index (χ0n) is 13.0. The number of nitrogens with one attached hydrogen (secondary N) is 1. The number of hydrogen-bond donors (Lipinski definition) is 2. The molecular formula is C17H13FN2O4S. The van der Waals surface area contributed by atoms with Gasteiger partial charge in [-0.25, -0.2) is 9.18 Å². The van der Waals surface area contributed by atoms with Crippen molar-refractivity contribution in [2.75, 3.05) is 0 Å². The van der Waals surface area contributed by atoms with Crippen molar-refractivity contribution in [1.82, 2.24) is 10.5 Å². The van der Waals surface area contributed by atoms with Gasteiger partial charge in [-0.1, -0.05) is 11.2 Å². The molecule has 3 aromatic rings. The van der Waals surface area contributed by atoms with E-state index >= 15 is 0 Å². The van der Waals surface area contributed by atoms with E-state index in [1.54, 1.807) is 24.4 Å². The van der Waals surface area contributed by atoms with Gasteiger partial charge in [0.1, 0.15) is 17.1 Å². The lowest BCUT2D eigenvalue weighted by molar-refractivity contribution is 0.0692. The summed E-state index contributed by atoms with van der Waals surface area (Å²) in [5, 5.41) is 17.8. The van der Waals surface area contributed by atoms with Crippen LogP contribution in [0.1, 0.15) is 38.8 Å².